The molecule has 0 aliphatic rings. The smallest absolute Gasteiger partial charge is 0.737 e. The van der Waals surface area contributed by atoms with Gasteiger partial charge in [-0.05, 0) is 5.56 Å². The fraction of sp³-hybridized carbons (Fsp3) is 0. The van der Waals surface area contributed by atoms with E-state index in [9.17, 15) is 4.79 Å². The van der Waals surface area contributed by atoms with E-state index in [0.717, 1.165) is 0 Å². The van der Waals surface area contributed by atoms with Crippen molar-refractivity contribution in [3.8, 4) is 0 Å². The van der Waals surface area contributed by atoms with Crippen LogP contribution in [0.25, 0.3) is 0 Å². The van der Waals surface area contributed by atoms with E-state index >= 15 is 0 Å². The summed E-state index contributed by atoms with van der Waals surface area (Å²) in [6.07, 6.45) is 0. The summed E-state index contributed by atoms with van der Waals surface area (Å²) in [5, 5.41) is -0.296. The predicted molar refractivity (Wildman–Crippen MR) is 38.1 cm³/mol. The van der Waals surface area contributed by atoms with Crippen molar-refractivity contribution in [2.45, 2.75) is 0 Å². The van der Waals surface area contributed by atoms with Crippen LogP contribution in [0.5, 0.6) is 0 Å². The van der Waals surface area contributed by atoms with Crippen LogP contribution >= 0.6 is 0 Å². The van der Waals surface area contributed by atoms with Crippen LogP contribution in [0, 0.1) is 0 Å². The van der Waals surface area contributed by atoms with E-state index in [1.54, 1.807) is 24.3 Å². The van der Waals surface area contributed by atoms with Crippen LogP contribution in [0.3, 0.4) is 0 Å². The fourth-order valence-electron chi connectivity index (χ4n) is 0.574. The number of hydrogen-bond acceptors (Lipinski definition) is 2. The second-order valence-corrected chi connectivity index (χ2v) is 2.02. The third kappa shape index (κ3) is 2.55. The molecule has 0 unspecified atom stereocenters. The minimum Gasteiger partial charge on any atom is -0.737 e. The molecule has 3 heteroatoms. The van der Waals surface area contributed by atoms with Crippen LogP contribution in [0.2, 0.25) is 0 Å². The maximum Gasteiger partial charge on any atom is 2.00 e. The van der Waals surface area contributed by atoms with Gasteiger partial charge in [-0.3, -0.25) is 0 Å². The summed E-state index contributed by atoms with van der Waals surface area (Å²) in [5.74, 6) is 0. The van der Waals surface area contributed by atoms with E-state index in [1.165, 1.54) is 0 Å². The van der Waals surface area contributed by atoms with Crippen LogP contribution in [0.4, 0.5) is 0 Å². The molecule has 0 atom stereocenters. The average molecular weight is 203 g/mol. The van der Waals surface area contributed by atoms with Gasteiger partial charge in [0.05, 0.1) is 0 Å². The van der Waals surface area contributed by atoms with E-state index < -0.39 is 0 Å². The second kappa shape index (κ2) is 4.53. The molecule has 0 fully saturated rings. The summed E-state index contributed by atoms with van der Waals surface area (Å²) in [4.78, 5) is 10.5. The van der Waals surface area contributed by atoms with E-state index in [1.807, 2.05) is 6.07 Å². The summed E-state index contributed by atoms with van der Waals surface area (Å²) in [7, 11) is 0. The maximum absolute atomic E-state index is 10.5. The topological polar surface area (TPSA) is 17.1 Å². The Bertz CT molecular complexity index is 210. The number of rotatable bonds is 1. The first-order chi connectivity index (χ1) is 4.30. The maximum atomic E-state index is 10.5. The zero-order valence-electron chi connectivity index (χ0n) is 5.41. The molecule has 10 heavy (non-hydrogen) atoms. The SMILES string of the molecule is O=C([S-])c1ccccc1.[Zn+2]. The molecule has 0 aromatic heterocycles. The van der Waals surface area contributed by atoms with Crippen LogP contribution in [0.1, 0.15) is 10.4 Å². The largest absolute Gasteiger partial charge is 2.00 e. The molecule has 0 aliphatic heterocycles. The Hall–Kier alpha value is -0.267. The van der Waals surface area contributed by atoms with Crippen molar-refractivity contribution in [3.05, 3.63) is 35.9 Å². The number of carbonyl (C=O) groups is 1. The molecule has 0 heterocycles. The predicted octanol–water partition coefficient (Wildman–Crippen LogP) is 1.37. The molecule has 1 nitrogen and oxygen atoms in total. The Balaban J connectivity index is 0.000000810. The monoisotopic (exact) mass is 201 g/mol. The van der Waals surface area contributed by atoms with Gasteiger partial charge in [0.25, 0.3) is 0 Å². The Morgan fingerprint density at radius 2 is 1.70 bits per heavy atom. The molecule has 1 aromatic rings. The number of hydrogen-bond donors (Lipinski definition) is 0. The molecule has 0 amide bonds. The van der Waals surface area contributed by atoms with Gasteiger partial charge in [0.15, 0.2) is 0 Å². The third-order valence-corrected chi connectivity index (χ3v) is 1.25. The van der Waals surface area contributed by atoms with Crippen molar-refractivity contribution < 1.29 is 24.3 Å². The molecular weight excluding hydrogens is 198 g/mol. The van der Waals surface area contributed by atoms with Gasteiger partial charge in [0.1, 0.15) is 0 Å². The van der Waals surface area contributed by atoms with E-state index in [0.29, 0.717) is 5.56 Å². The van der Waals surface area contributed by atoms with Crippen molar-refractivity contribution in [3.63, 3.8) is 0 Å². The molecule has 0 saturated heterocycles. The summed E-state index contributed by atoms with van der Waals surface area (Å²) in [6.45, 7) is 0. The molecule has 0 radical (unpaired) electrons. The zero-order chi connectivity index (χ0) is 6.69. The van der Waals surface area contributed by atoms with Crippen LogP contribution in [-0.2, 0) is 32.1 Å². The Labute approximate surface area is 78.0 Å². The Morgan fingerprint density at radius 1 is 1.20 bits per heavy atom. The van der Waals surface area contributed by atoms with Gasteiger partial charge < -0.3 is 17.4 Å². The molecule has 46 valence electrons. The fourth-order valence-corrected chi connectivity index (χ4v) is 0.710. The van der Waals surface area contributed by atoms with Crippen molar-refractivity contribution in [1.82, 2.24) is 0 Å². The van der Waals surface area contributed by atoms with Gasteiger partial charge in [-0.25, -0.2) is 0 Å². The van der Waals surface area contributed by atoms with E-state index in [4.69, 9.17) is 0 Å². The Kier molecular flexibility index (Phi) is 4.41. The number of benzene rings is 1. The minimum absolute atomic E-state index is 0. The first-order valence-corrected chi connectivity index (χ1v) is 2.98. The number of carbonyl (C=O) groups excluding carboxylic acids is 1. The van der Waals surface area contributed by atoms with Crippen molar-refractivity contribution in [1.29, 1.82) is 0 Å². The Morgan fingerprint density at radius 3 is 2.00 bits per heavy atom. The van der Waals surface area contributed by atoms with Gasteiger partial charge in [0.2, 0.25) is 0 Å². The molecular formula is C7H5OSZn+. The van der Waals surface area contributed by atoms with Crippen molar-refractivity contribution >= 4 is 17.7 Å². The molecule has 0 aliphatic carbocycles. The van der Waals surface area contributed by atoms with Crippen molar-refractivity contribution in [2.75, 3.05) is 0 Å². The van der Waals surface area contributed by atoms with Gasteiger partial charge in [-0.2, -0.15) is 0 Å². The van der Waals surface area contributed by atoms with Crippen LogP contribution < -0.4 is 0 Å². The molecule has 1 rings (SSSR count). The van der Waals surface area contributed by atoms with Crippen molar-refractivity contribution in [2.24, 2.45) is 0 Å². The molecule has 0 spiro atoms. The van der Waals surface area contributed by atoms with E-state index in [2.05, 4.69) is 12.6 Å². The average Bonchev–Trinajstić information content (AvgIpc) is 1.90. The standard InChI is InChI=1S/C7H6OS.Zn/c8-7(9)6-4-2-1-3-5-6;/h1-5H,(H,8,9);/q;+2/p-1. The minimum atomic E-state index is -0.296. The zero-order valence-corrected chi connectivity index (χ0v) is 9.19. The van der Waals surface area contributed by atoms with Crippen LogP contribution in [-0.4, -0.2) is 5.12 Å². The quantitative estimate of drug-likeness (QED) is 0.506. The molecule has 0 saturated carbocycles. The summed E-state index contributed by atoms with van der Waals surface area (Å²) in [5.41, 5.74) is 0.590. The van der Waals surface area contributed by atoms with Gasteiger partial charge in [-0.1, -0.05) is 30.3 Å². The van der Waals surface area contributed by atoms with Gasteiger partial charge in [-0.15, -0.1) is 0 Å². The summed E-state index contributed by atoms with van der Waals surface area (Å²) in [6, 6.07) is 8.84. The third-order valence-electron chi connectivity index (χ3n) is 1.01. The van der Waals surface area contributed by atoms with Crippen LogP contribution in [0.15, 0.2) is 30.3 Å². The normalized spacial score (nSPS) is 8.00. The molecule has 0 bridgehead atoms. The van der Waals surface area contributed by atoms with Gasteiger partial charge >= 0.3 is 19.5 Å². The molecule has 1 aromatic carbocycles. The van der Waals surface area contributed by atoms with Gasteiger partial charge in [0, 0.05) is 5.12 Å². The van der Waals surface area contributed by atoms with E-state index in [-0.39, 0.29) is 24.6 Å². The first-order valence-electron chi connectivity index (χ1n) is 2.57. The summed E-state index contributed by atoms with van der Waals surface area (Å²) < 4.78 is 0. The molecule has 0 N–H and O–H groups in total. The first kappa shape index (κ1) is 9.73. The second-order valence-electron chi connectivity index (χ2n) is 1.65. The summed E-state index contributed by atoms with van der Waals surface area (Å²) >= 11 is 4.41.